The fraction of sp³-hybridized carbons (Fsp3) is 0.545. The monoisotopic (exact) mass is 560 g/mol. The van der Waals surface area contributed by atoms with E-state index in [-0.39, 0.29) is 0 Å². The molecule has 2 aliphatic heterocycles. The van der Waals surface area contributed by atoms with Crippen molar-refractivity contribution in [3.8, 4) is 0 Å². The molecule has 0 saturated carbocycles. The normalized spacial score (nSPS) is 18.2. The average Bonchev–Trinajstić information content (AvgIpc) is 3.54. The second-order valence-electron chi connectivity index (χ2n) is 8.50. The smallest absolute Gasteiger partial charge is 0.475 e. The SMILES string of the molecule is O=C(O)C(F)(F)F.O=C(O)C(F)(F)F.c1csc(CN2CCC3(CC2)CCN(Cc2cccs2)C3)c1. The molecular formula is C22H26F6N2O4S2. The zero-order valence-corrected chi connectivity index (χ0v) is 20.7. The van der Waals surface area contributed by atoms with Gasteiger partial charge in [-0.05, 0) is 67.2 Å². The number of carboxylic acids is 2. The van der Waals surface area contributed by atoms with Crippen molar-refractivity contribution < 1.29 is 46.1 Å². The van der Waals surface area contributed by atoms with Crippen molar-refractivity contribution in [1.82, 2.24) is 9.80 Å². The maximum Gasteiger partial charge on any atom is 0.490 e. The van der Waals surface area contributed by atoms with E-state index >= 15 is 0 Å². The lowest BCUT2D eigenvalue weighted by Crippen LogP contribution is -2.41. The van der Waals surface area contributed by atoms with Gasteiger partial charge in [-0.3, -0.25) is 9.80 Å². The number of thiophene rings is 2. The predicted molar refractivity (Wildman–Crippen MR) is 123 cm³/mol. The lowest BCUT2D eigenvalue weighted by molar-refractivity contribution is -0.193. The molecule has 2 N–H and O–H groups in total. The minimum atomic E-state index is -5.08. The summed E-state index contributed by atoms with van der Waals surface area (Å²) in [7, 11) is 0. The maximum atomic E-state index is 10.6. The van der Waals surface area contributed by atoms with E-state index in [0.29, 0.717) is 5.41 Å². The van der Waals surface area contributed by atoms with Crippen LogP contribution in [-0.2, 0) is 22.7 Å². The Labute approximate surface area is 211 Å². The third kappa shape index (κ3) is 10.1. The summed E-state index contributed by atoms with van der Waals surface area (Å²) in [5.74, 6) is -5.51. The van der Waals surface area contributed by atoms with Crippen molar-refractivity contribution in [2.45, 2.75) is 44.7 Å². The van der Waals surface area contributed by atoms with E-state index in [1.54, 1.807) is 0 Å². The highest BCUT2D eigenvalue weighted by molar-refractivity contribution is 7.10. The molecule has 0 aliphatic carbocycles. The molecule has 14 heteroatoms. The second-order valence-corrected chi connectivity index (χ2v) is 10.6. The molecule has 36 heavy (non-hydrogen) atoms. The van der Waals surface area contributed by atoms with Crippen LogP contribution < -0.4 is 0 Å². The van der Waals surface area contributed by atoms with E-state index in [0.717, 1.165) is 6.54 Å². The van der Waals surface area contributed by atoms with Crippen LogP contribution in [0.5, 0.6) is 0 Å². The van der Waals surface area contributed by atoms with E-state index in [1.807, 2.05) is 22.7 Å². The predicted octanol–water partition coefficient (Wildman–Crippen LogP) is 5.56. The molecule has 4 heterocycles. The fourth-order valence-electron chi connectivity index (χ4n) is 4.00. The van der Waals surface area contributed by atoms with Gasteiger partial charge in [-0.2, -0.15) is 26.3 Å². The molecule has 2 aliphatic rings. The van der Waals surface area contributed by atoms with E-state index in [1.165, 1.54) is 61.7 Å². The molecule has 4 rings (SSSR count). The van der Waals surface area contributed by atoms with Crippen LogP contribution in [0.1, 0.15) is 29.0 Å². The molecule has 0 bridgehead atoms. The first-order chi connectivity index (χ1) is 16.7. The average molecular weight is 561 g/mol. The molecule has 2 fully saturated rings. The summed E-state index contributed by atoms with van der Waals surface area (Å²) in [6, 6.07) is 8.90. The van der Waals surface area contributed by atoms with Crippen LogP contribution >= 0.6 is 22.7 Å². The lowest BCUT2D eigenvalue weighted by Gasteiger charge is -2.39. The molecule has 0 atom stereocenters. The zero-order chi connectivity index (χ0) is 27.0. The van der Waals surface area contributed by atoms with Crippen molar-refractivity contribution in [3.63, 3.8) is 0 Å². The first kappa shape index (κ1) is 30.1. The van der Waals surface area contributed by atoms with Crippen LogP contribution in [0.25, 0.3) is 0 Å². The summed E-state index contributed by atoms with van der Waals surface area (Å²) in [6.07, 6.45) is -5.98. The number of rotatable bonds is 4. The van der Waals surface area contributed by atoms with Gasteiger partial charge < -0.3 is 10.2 Å². The summed E-state index contributed by atoms with van der Waals surface area (Å²) in [4.78, 5) is 26.2. The molecule has 2 saturated heterocycles. The summed E-state index contributed by atoms with van der Waals surface area (Å²) in [5.41, 5.74) is 0.614. The van der Waals surface area contributed by atoms with Crippen molar-refractivity contribution >= 4 is 34.6 Å². The van der Waals surface area contributed by atoms with E-state index < -0.39 is 24.3 Å². The van der Waals surface area contributed by atoms with Crippen LogP contribution in [0, 0.1) is 5.41 Å². The van der Waals surface area contributed by atoms with Crippen molar-refractivity contribution in [3.05, 3.63) is 44.8 Å². The second kappa shape index (κ2) is 12.9. The first-order valence-electron chi connectivity index (χ1n) is 10.8. The number of carboxylic acid groups (broad SMARTS) is 2. The number of halogens is 6. The van der Waals surface area contributed by atoms with Gasteiger partial charge in [0.2, 0.25) is 0 Å². The standard InChI is InChI=1S/C18H24N2S2.2C2HF3O2/c1-3-16(21-11-1)13-19-8-5-18(6-9-19)7-10-20(15-18)14-17-4-2-12-22-17;2*3-2(4,5)1(6)7/h1-4,11-12H,5-10,13-15H2;2*(H,6,7). The highest BCUT2D eigenvalue weighted by atomic mass is 32.1. The summed E-state index contributed by atoms with van der Waals surface area (Å²) in [5, 5.41) is 18.6. The number of nitrogens with zero attached hydrogens (tertiary/aromatic N) is 2. The van der Waals surface area contributed by atoms with Crippen molar-refractivity contribution in [2.24, 2.45) is 5.41 Å². The Bertz CT molecular complexity index is 917. The summed E-state index contributed by atoms with van der Waals surface area (Å²) in [6.45, 7) is 7.50. The first-order valence-corrected chi connectivity index (χ1v) is 12.6. The van der Waals surface area contributed by atoms with Gasteiger partial charge in [-0.1, -0.05) is 12.1 Å². The maximum absolute atomic E-state index is 10.6. The van der Waals surface area contributed by atoms with Gasteiger partial charge in [-0.15, -0.1) is 22.7 Å². The van der Waals surface area contributed by atoms with Crippen LogP contribution in [0.3, 0.4) is 0 Å². The number of hydrogen-bond donors (Lipinski definition) is 2. The lowest BCUT2D eigenvalue weighted by atomic mass is 9.78. The molecule has 2 aromatic heterocycles. The molecule has 0 aromatic carbocycles. The minimum absolute atomic E-state index is 0.614. The Morgan fingerprint density at radius 3 is 1.47 bits per heavy atom. The van der Waals surface area contributed by atoms with E-state index in [2.05, 4.69) is 44.8 Å². The largest absolute Gasteiger partial charge is 0.490 e. The van der Waals surface area contributed by atoms with Gasteiger partial charge in [0.05, 0.1) is 0 Å². The number of carbonyl (C=O) groups is 2. The van der Waals surface area contributed by atoms with E-state index in [9.17, 15) is 26.3 Å². The number of alkyl halides is 6. The number of piperidine rings is 1. The van der Waals surface area contributed by atoms with Gasteiger partial charge in [0.1, 0.15) is 0 Å². The third-order valence-electron chi connectivity index (χ3n) is 5.84. The Morgan fingerprint density at radius 2 is 1.14 bits per heavy atom. The fourth-order valence-corrected chi connectivity index (χ4v) is 5.49. The summed E-state index contributed by atoms with van der Waals surface area (Å²) < 4.78 is 63.5. The molecular weight excluding hydrogens is 534 g/mol. The van der Waals surface area contributed by atoms with Gasteiger partial charge >= 0.3 is 24.3 Å². The highest BCUT2D eigenvalue weighted by Crippen LogP contribution is 2.41. The Kier molecular flexibility index (Phi) is 10.8. The quantitative estimate of drug-likeness (QED) is 0.477. The molecule has 0 unspecified atom stereocenters. The van der Waals surface area contributed by atoms with E-state index in [4.69, 9.17) is 19.8 Å². The highest BCUT2D eigenvalue weighted by Gasteiger charge is 2.40. The van der Waals surface area contributed by atoms with Crippen molar-refractivity contribution in [2.75, 3.05) is 26.2 Å². The van der Waals surface area contributed by atoms with Gasteiger partial charge in [0.15, 0.2) is 0 Å². The Balaban J connectivity index is 0.000000271. The molecule has 0 radical (unpaired) electrons. The minimum Gasteiger partial charge on any atom is -0.475 e. The van der Waals surface area contributed by atoms with Crippen LogP contribution in [-0.4, -0.2) is 70.5 Å². The van der Waals surface area contributed by atoms with Gasteiger partial charge in [-0.25, -0.2) is 9.59 Å². The molecule has 2 aromatic rings. The summed E-state index contributed by atoms with van der Waals surface area (Å²) >= 11 is 3.79. The molecule has 6 nitrogen and oxygen atoms in total. The Morgan fingerprint density at radius 1 is 0.778 bits per heavy atom. The van der Waals surface area contributed by atoms with Gasteiger partial charge in [0, 0.05) is 29.4 Å². The molecule has 202 valence electrons. The van der Waals surface area contributed by atoms with Crippen LogP contribution in [0.2, 0.25) is 0 Å². The van der Waals surface area contributed by atoms with Gasteiger partial charge in [0.25, 0.3) is 0 Å². The molecule has 1 spiro atoms. The number of hydrogen-bond acceptors (Lipinski definition) is 6. The topological polar surface area (TPSA) is 81.1 Å². The number of aliphatic carboxylic acids is 2. The van der Waals surface area contributed by atoms with Crippen LogP contribution in [0.15, 0.2) is 35.0 Å². The third-order valence-corrected chi connectivity index (χ3v) is 7.56. The Hall–Kier alpha value is -2.16. The van der Waals surface area contributed by atoms with Crippen molar-refractivity contribution in [1.29, 1.82) is 0 Å². The molecule has 0 amide bonds. The van der Waals surface area contributed by atoms with Crippen LogP contribution in [0.4, 0.5) is 26.3 Å². The zero-order valence-electron chi connectivity index (χ0n) is 19.0. The number of likely N-dealkylation sites (tertiary alicyclic amines) is 2.